The number of hydrogen-bond donors (Lipinski definition) is 0. The molecule has 2 rings (SSSR count). The molecule has 0 radical (unpaired) electrons. The minimum absolute atomic E-state index is 0.111. The van der Waals surface area contributed by atoms with Gasteiger partial charge in [-0.15, -0.1) is 0 Å². The first kappa shape index (κ1) is 15.9. The van der Waals surface area contributed by atoms with E-state index >= 15 is 0 Å². The second kappa shape index (κ2) is 6.98. The Kier molecular flexibility index (Phi) is 4.82. The zero-order valence-corrected chi connectivity index (χ0v) is 11.6. The molecule has 0 saturated heterocycles. The Morgan fingerprint density at radius 3 is 2.52 bits per heavy atom. The third-order valence-electron chi connectivity index (χ3n) is 2.73. The summed E-state index contributed by atoms with van der Waals surface area (Å²) < 4.78 is 9.72. The largest absolute Gasteiger partial charge is 0.457 e. The van der Waals surface area contributed by atoms with Crippen LogP contribution in [0.3, 0.4) is 0 Å². The lowest BCUT2D eigenvalue weighted by molar-refractivity contribution is -0.402. The molecule has 0 aliphatic heterocycles. The first-order valence-corrected chi connectivity index (χ1v) is 6.28. The van der Waals surface area contributed by atoms with Gasteiger partial charge in [-0.25, -0.2) is 4.79 Å². The first-order valence-electron chi connectivity index (χ1n) is 6.28. The van der Waals surface area contributed by atoms with E-state index in [2.05, 4.69) is 0 Å². The van der Waals surface area contributed by atoms with Crippen molar-refractivity contribution in [2.24, 2.45) is 0 Å². The normalized spacial score (nSPS) is 10.6. The van der Waals surface area contributed by atoms with E-state index < -0.39 is 21.7 Å². The fourth-order valence-corrected chi connectivity index (χ4v) is 1.69. The van der Waals surface area contributed by atoms with Gasteiger partial charge in [0, 0.05) is 12.1 Å². The molecular formula is C14H10N2O7. The van der Waals surface area contributed by atoms with Crippen LogP contribution >= 0.6 is 0 Å². The molecule has 0 aliphatic rings. The Morgan fingerprint density at radius 1 is 1.13 bits per heavy atom. The molecule has 1 aromatic heterocycles. The van der Waals surface area contributed by atoms with Crippen molar-refractivity contribution < 1.29 is 23.8 Å². The standard InChI is InChI=1S/C14H10N2O7/c17-14(8-6-11-5-7-13(23-11)16(20)21)22-9-10-3-1-2-4-12(10)15(18)19/h1-8H,9H2/b8-6+. The molecule has 0 spiro atoms. The molecule has 0 aliphatic carbocycles. The third kappa shape index (κ3) is 4.24. The van der Waals surface area contributed by atoms with Gasteiger partial charge in [-0.2, -0.15) is 0 Å². The average molecular weight is 318 g/mol. The van der Waals surface area contributed by atoms with E-state index in [4.69, 9.17) is 9.15 Å². The van der Waals surface area contributed by atoms with E-state index in [1.165, 1.54) is 30.3 Å². The molecule has 1 aromatic carbocycles. The second-order valence-corrected chi connectivity index (χ2v) is 4.26. The lowest BCUT2D eigenvalue weighted by Gasteiger charge is -2.02. The summed E-state index contributed by atoms with van der Waals surface area (Å²) in [4.78, 5) is 31.5. The summed E-state index contributed by atoms with van der Waals surface area (Å²) in [6.45, 7) is -0.265. The van der Waals surface area contributed by atoms with Crippen LogP contribution in [0.25, 0.3) is 6.08 Å². The summed E-state index contributed by atoms with van der Waals surface area (Å²) in [5, 5.41) is 21.3. The first-order chi connectivity index (χ1) is 11.0. The summed E-state index contributed by atoms with van der Waals surface area (Å²) in [5.41, 5.74) is 0.110. The number of nitrogens with zero attached hydrogens (tertiary/aromatic N) is 2. The van der Waals surface area contributed by atoms with Crippen LogP contribution < -0.4 is 0 Å². The second-order valence-electron chi connectivity index (χ2n) is 4.26. The SMILES string of the molecule is O=C(/C=C/c1ccc([N+](=O)[O-])o1)OCc1ccccc1[N+](=O)[O-]. The number of esters is 1. The van der Waals surface area contributed by atoms with E-state index in [9.17, 15) is 25.0 Å². The summed E-state index contributed by atoms with van der Waals surface area (Å²) in [6, 6.07) is 8.36. The molecule has 9 heteroatoms. The molecule has 0 atom stereocenters. The molecule has 23 heavy (non-hydrogen) atoms. The lowest BCUT2D eigenvalue weighted by Crippen LogP contribution is -2.03. The summed E-state index contributed by atoms with van der Waals surface area (Å²) in [5.74, 6) is -1.10. The van der Waals surface area contributed by atoms with Crippen molar-refractivity contribution in [3.05, 3.63) is 74.0 Å². The molecular weight excluding hydrogens is 308 g/mol. The molecule has 0 amide bonds. The van der Waals surface area contributed by atoms with Gasteiger partial charge in [-0.3, -0.25) is 20.2 Å². The smallest absolute Gasteiger partial charge is 0.433 e. The van der Waals surface area contributed by atoms with Crippen molar-refractivity contribution in [2.45, 2.75) is 6.61 Å². The topological polar surface area (TPSA) is 126 Å². The quantitative estimate of drug-likeness (QED) is 0.347. The molecule has 9 nitrogen and oxygen atoms in total. The van der Waals surface area contributed by atoms with Crippen molar-refractivity contribution in [3.8, 4) is 0 Å². The molecule has 0 unspecified atom stereocenters. The third-order valence-corrected chi connectivity index (χ3v) is 2.73. The molecule has 118 valence electrons. The fourth-order valence-electron chi connectivity index (χ4n) is 1.69. The van der Waals surface area contributed by atoms with Gasteiger partial charge in [-0.1, -0.05) is 12.1 Å². The van der Waals surface area contributed by atoms with Crippen LogP contribution in [0.5, 0.6) is 0 Å². The van der Waals surface area contributed by atoms with Crippen LogP contribution in [0.15, 0.2) is 46.9 Å². The molecule has 0 N–H and O–H groups in total. The van der Waals surface area contributed by atoms with Crippen LogP contribution in [0.2, 0.25) is 0 Å². The Bertz CT molecular complexity index is 779. The summed E-state index contributed by atoms with van der Waals surface area (Å²) in [6.07, 6.45) is 2.21. The highest BCUT2D eigenvalue weighted by Gasteiger charge is 2.14. The van der Waals surface area contributed by atoms with Crippen molar-refractivity contribution >= 4 is 23.6 Å². The van der Waals surface area contributed by atoms with E-state index in [-0.39, 0.29) is 23.6 Å². The predicted octanol–water partition coefficient (Wildman–Crippen LogP) is 2.85. The molecule has 1 heterocycles. The minimum atomic E-state index is -0.762. The van der Waals surface area contributed by atoms with Gasteiger partial charge in [0.25, 0.3) is 5.69 Å². The number of furan rings is 1. The van der Waals surface area contributed by atoms with Crippen molar-refractivity contribution in [1.29, 1.82) is 0 Å². The zero-order chi connectivity index (χ0) is 16.8. The zero-order valence-electron chi connectivity index (χ0n) is 11.6. The Hall–Kier alpha value is -3.49. The number of carbonyl (C=O) groups is 1. The Balaban J connectivity index is 1.96. The van der Waals surface area contributed by atoms with Crippen LogP contribution in [-0.4, -0.2) is 15.8 Å². The molecule has 2 aromatic rings. The number of hydrogen-bond acceptors (Lipinski definition) is 7. The van der Waals surface area contributed by atoms with Crippen molar-refractivity contribution in [2.75, 3.05) is 0 Å². The van der Waals surface area contributed by atoms with E-state index in [0.29, 0.717) is 0 Å². The van der Waals surface area contributed by atoms with Gasteiger partial charge in [-0.05, 0) is 18.2 Å². The van der Waals surface area contributed by atoms with E-state index in [0.717, 1.165) is 12.1 Å². The van der Waals surface area contributed by atoms with Gasteiger partial charge >= 0.3 is 11.9 Å². The minimum Gasteiger partial charge on any atom is -0.457 e. The van der Waals surface area contributed by atoms with Crippen LogP contribution in [-0.2, 0) is 16.1 Å². The number of rotatable bonds is 6. The van der Waals surface area contributed by atoms with Gasteiger partial charge in [0.15, 0.2) is 0 Å². The summed E-state index contributed by atoms with van der Waals surface area (Å²) in [7, 11) is 0. The number of ether oxygens (including phenoxy) is 1. The fraction of sp³-hybridized carbons (Fsp3) is 0.0714. The van der Waals surface area contributed by atoms with Crippen LogP contribution in [0.1, 0.15) is 11.3 Å². The number of para-hydroxylation sites is 1. The lowest BCUT2D eigenvalue weighted by atomic mass is 10.2. The molecule has 0 bridgehead atoms. The number of carbonyl (C=O) groups excluding carboxylic acids is 1. The number of benzene rings is 1. The number of nitro benzene ring substituents is 1. The van der Waals surface area contributed by atoms with Gasteiger partial charge in [0.1, 0.15) is 17.3 Å². The van der Waals surface area contributed by atoms with E-state index in [1.807, 2.05) is 0 Å². The average Bonchev–Trinajstić information content (AvgIpc) is 3.00. The maximum atomic E-state index is 11.6. The van der Waals surface area contributed by atoms with Gasteiger partial charge < -0.3 is 9.15 Å². The highest BCUT2D eigenvalue weighted by molar-refractivity contribution is 5.86. The summed E-state index contributed by atoms with van der Waals surface area (Å²) >= 11 is 0. The van der Waals surface area contributed by atoms with Crippen LogP contribution in [0, 0.1) is 20.2 Å². The predicted molar refractivity (Wildman–Crippen MR) is 77.3 cm³/mol. The van der Waals surface area contributed by atoms with Gasteiger partial charge in [0.2, 0.25) is 0 Å². The maximum absolute atomic E-state index is 11.6. The van der Waals surface area contributed by atoms with E-state index in [1.54, 1.807) is 6.07 Å². The number of nitro groups is 2. The molecule has 0 fully saturated rings. The molecule has 0 saturated carbocycles. The Labute approximate surface area is 129 Å². The highest BCUT2D eigenvalue weighted by atomic mass is 16.6. The maximum Gasteiger partial charge on any atom is 0.433 e. The van der Waals surface area contributed by atoms with Crippen molar-refractivity contribution in [3.63, 3.8) is 0 Å². The van der Waals surface area contributed by atoms with Crippen LogP contribution in [0.4, 0.5) is 11.6 Å². The monoisotopic (exact) mass is 318 g/mol. The van der Waals surface area contributed by atoms with Gasteiger partial charge in [0.05, 0.1) is 16.6 Å². The van der Waals surface area contributed by atoms with Crippen molar-refractivity contribution in [1.82, 2.24) is 0 Å². The highest BCUT2D eigenvalue weighted by Crippen LogP contribution is 2.19. The Morgan fingerprint density at radius 2 is 1.87 bits per heavy atom.